The lowest BCUT2D eigenvalue weighted by molar-refractivity contribution is 0.0523. The number of Topliss-reactive ketones (excluding diaryl/α,β-unsaturated/α-hetero) is 1. The number of esters is 1. The molecule has 0 saturated heterocycles. The molecule has 0 amide bonds. The molecule has 0 aliphatic carbocycles. The standard InChI is InChI=1S/C18H17FO3/c1-2-22-18(21)16-9-4-3-8-15(16)17(20)11-10-13-6-5-7-14(19)12-13/h3-9,12H,2,10-11H2,1H3. The normalized spacial score (nSPS) is 10.3. The molecule has 2 rings (SSSR count). The fraction of sp³-hybridized carbons (Fsp3) is 0.222. The second-order valence-electron chi connectivity index (χ2n) is 4.82. The predicted octanol–water partition coefficient (Wildman–Crippen LogP) is 3.82. The minimum atomic E-state index is -0.503. The van der Waals surface area contributed by atoms with Crippen LogP contribution in [0.4, 0.5) is 4.39 Å². The molecular formula is C18H17FO3. The highest BCUT2D eigenvalue weighted by molar-refractivity contribution is 6.06. The quantitative estimate of drug-likeness (QED) is 0.601. The Morgan fingerprint density at radius 1 is 1.05 bits per heavy atom. The summed E-state index contributed by atoms with van der Waals surface area (Å²) < 4.78 is 18.1. The second kappa shape index (κ2) is 7.50. The van der Waals surface area contributed by atoms with Crippen LogP contribution in [0.5, 0.6) is 0 Å². The summed E-state index contributed by atoms with van der Waals surface area (Å²) in [4.78, 5) is 24.2. The highest BCUT2D eigenvalue weighted by Gasteiger charge is 2.17. The highest BCUT2D eigenvalue weighted by atomic mass is 19.1. The molecule has 3 nitrogen and oxygen atoms in total. The first-order valence-electron chi connectivity index (χ1n) is 7.15. The number of carbonyl (C=O) groups is 2. The number of carbonyl (C=O) groups excluding carboxylic acids is 2. The third-order valence-corrected chi connectivity index (χ3v) is 3.25. The first kappa shape index (κ1) is 15.9. The maximum atomic E-state index is 13.1. The van der Waals surface area contributed by atoms with Crippen LogP contribution in [0.3, 0.4) is 0 Å². The average molecular weight is 300 g/mol. The van der Waals surface area contributed by atoms with Crippen molar-refractivity contribution >= 4 is 11.8 Å². The first-order chi connectivity index (χ1) is 10.6. The van der Waals surface area contributed by atoms with Crippen LogP contribution in [0, 0.1) is 5.82 Å². The molecule has 0 radical (unpaired) electrons. The number of rotatable bonds is 6. The third-order valence-electron chi connectivity index (χ3n) is 3.25. The summed E-state index contributed by atoms with van der Waals surface area (Å²) >= 11 is 0. The molecule has 0 bridgehead atoms. The number of aryl methyl sites for hydroxylation is 1. The predicted molar refractivity (Wildman–Crippen MR) is 81.5 cm³/mol. The molecule has 2 aromatic rings. The Hall–Kier alpha value is -2.49. The van der Waals surface area contributed by atoms with E-state index in [2.05, 4.69) is 0 Å². The number of ether oxygens (including phenoxy) is 1. The Morgan fingerprint density at radius 2 is 1.77 bits per heavy atom. The maximum absolute atomic E-state index is 13.1. The molecule has 0 unspecified atom stereocenters. The van der Waals surface area contributed by atoms with E-state index in [9.17, 15) is 14.0 Å². The molecule has 0 heterocycles. The lowest BCUT2D eigenvalue weighted by Gasteiger charge is -2.08. The zero-order valence-corrected chi connectivity index (χ0v) is 12.3. The fourth-order valence-electron chi connectivity index (χ4n) is 2.20. The van der Waals surface area contributed by atoms with Gasteiger partial charge in [-0.1, -0.05) is 30.3 Å². The van der Waals surface area contributed by atoms with E-state index in [0.717, 1.165) is 5.56 Å². The van der Waals surface area contributed by atoms with Gasteiger partial charge >= 0.3 is 5.97 Å². The summed E-state index contributed by atoms with van der Waals surface area (Å²) in [5.41, 5.74) is 1.37. The maximum Gasteiger partial charge on any atom is 0.338 e. The molecule has 4 heteroatoms. The smallest absolute Gasteiger partial charge is 0.338 e. The Kier molecular flexibility index (Phi) is 5.42. The topological polar surface area (TPSA) is 43.4 Å². The van der Waals surface area contributed by atoms with Crippen LogP contribution in [-0.2, 0) is 11.2 Å². The minimum Gasteiger partial charge on any atom is -0.462 e. The lowest BCUT2D eigenvalue weighted by atomic mass is 9.98. The summed E-state index contributed by atoms with van der Waals surface area (Å²) in [6.45, 7) is 1.97. The van der Waals surface area contributed by atoms with E-state index in [1.807, 2.05) is 0 Å². The summed E-state index contributed by atoms with van der Waals surface area (Å²) in [5.74, 6) is -0.984. The van der Waals surface area contributed by atoms with Gasteiger partial charge < -0.3 is 4.74 Å². The third kappa shape index (κ3) is 4.01. The summed E-state index contributed by atoms with van der Waals surface area (Å²) in [6, 6.07) is 12.7. The number of halogens is 1. The van der Waals surface area contributed by atoms with Crippen molar-refractivity contribution in [1.29, 1.82) is 0 Å². The van der Waals surface area contributed by atoms with Crippen LogP contribution in [-0.4, -0.2) is 18.4 Å². The number of ketones is 1. The Balaban J connectivity index is 2.11. The summed E-state index contributed by atoms with van der Waals surface area (Å²) in [6.07, 6.45) is 0.633. The Bertz CT molecular complexity index is 680. The van der Waals surface area contributed by atoms with Gasteiger partial charge in [0.1, 0.15) is 5.82 Å². The van der Waals surface area contributed by atoms with Crippen LogP contribution in [0.15, 0.2) is 48.5 Å². The van der Waals surface area contributed by atoms with Crippen LogP contribution >= 0.6 is 0 Å². The van der Waals surface area contributed by atoms with Gasteiger partial charge in [0.15, 0.2) is 5.78 Å². The zero-order valence-electron chi connectivity index (χ0n) is 12.3. The van der Waals surface area contributed by atoms with Gasteiger partial charge in [0.05, 0.1) is 12.2 Å². The molecule has 0 aromatic heterocycles. The van der Waals surface area contributed by atoms with Gasteiger partial charge in [-0.3, -0.25) is 4.79 Å². The number of hydrogen-bond acceptors (Lipinski definition) is 3. The van der Waals surface area contributed by atoms with Gasteiger partial charge in [0.25, 0.3) is 0 Å². The molecule has 2 aromatic carbocycles. The van der Waals surface area contributed by atoms with Crippen molar-refractivity contribution in [3.05, 3.63) is 71.0 Å². The van der Waals surface area contributed by atoms with Gasteiger partial charge in [0.2, 0.25) is 0 Å². The van der Waals surface area contributed by atoms with Crippen LogP contribution in [0.2, 0.25) is 0 Å². The molecule has 114 valence electrons. The average Bonchev–Trinajstić information content (AvgIpc) is 2.53. The van der Waals surface area contributed by atoms with Crippen molar-refractivity contribution in [2.75, 3.05) is 6.61 Å². The van der Waals surface area contributed by atoms with Gasteiger partial charge in [-0.25, -0.2) is 9.18 Å². The molecular weight excluding hydrogens is 283 g/mol. The second-order valence-corrected chi connectivity index (χ2v) is 4.82. The molecule has 0 aliphatic rings. The Morgan fingerprint density at radius 3 is 2.45 bits per heavy atom. The monoisotopic (exact) mass is 300 g/mol. The fourth-order valence-corrected chi connectivity index (χ4v) is 2.20. The van der Waals surface area contributed by atoms with Gasteiger partial charge in [0, 0.05) is 12.0 Å². The van der Waals surface area contributed by atoms with Crippen molar-refractivity contribution in [3.63, 3.8) is 0 Å². The zero-order chi connectivity index (χ0) is 15.9. The summed E-state index contributed by atoms with van der Waals surface area (Å²) in [5, 5.41) is 0. The molecule has 0 aliphatic heterocycles. The van der Waals surface area contributed by atoms with E-state index in [4.69, 9.17) is 4.74 Å². The van der Waals surface area contributed by atoms with Crippen molar-refractivity contribution in [2.24, 2.45) is 0 Å². The molecule has 22 heavy (non-hydrogen) atoms. The van der Waals surface area contributed by atoms with Crippen molar-refractivity contribution in [1.82, 2.24) is 0 Å². The van der Waals surface area contributed by atoms with E-state index in [1.165, 1.54) is 12.1 Å². The molecule has 0 spiro atoms. The van der Waals surface area contributed by atoms with Gasteiger partial charge in [-0.15, -0.1) is 0 Å². The molecule has 0 atom stereocenters. The SMILES string of the molecule is CCOC(=O)c1ccccc1C(=O)CCc1cccc(F)c1. The molecule has 0 N–H and O–H groups in total. The highest BCUT2D eigenvalue weighted by Crippen LogP contribution is 2.15. The summed E-state index contributed by atoms with van der Waals surface area (Å²) in [7, 11) is 0. The largest absolute Gasteiger partial charge is 0.462 e. The molecule has 0 fully saturated rings. The van der Waals surface area contributed by atoms with Crippen molar-refractivity contribution in [3.8, 4) is 0 Å². The Labute approximate surface area is 128 Å². The van der Waals surface area contributed by atoms with Gasteiger partial charge in [-0.05, 0) is 37.1 Å². The van der Waals surface area contributed by atoms with E-state index in [1.54, 1.807) is 43.3 Å². The number of benzene rings is 2. The van der Waals surface area contributed by atoms with Crippen molar-refractivity contribution < 1.29 is 18.7 Å². The van der Waals surface area contributed by atoms with Crippen LogP contribution < -0.4 is 0 Å². The van der Waals surface area contributed by atoms with Crippen LogP contribution in [0.1, 0.15) is 39.6 Å². The van der Waals surface area contributed by atoms with E-state index < -0.39 is 5.97 Å². The molecule has 0 saturated carbocycles. The first-order valence-corrected chi connectivity index (χ1v) is 7.15. The van der Waals surface area contributed by atoms with E-state index >= 15 is 0 Å². The van der Waals surface area contributed by atoms with Gasteiger partial charge in [-0.2, -0.15) is 0 Å². The lowest BCUT2D eigenvalue weighted by Crippen LogP contribution is -2.12. The van der Waals surface area contributed by atoms with E-state index in [0.29, 0.717) is 12.0 Å². The number of hydrogen-bond donors (Lipinski definition) is 0. The van der Waals surface area contributed by atoms with Crippen LogP contribution in [0.25, 0.3) is 0 Å². The minimum absolute atomic E-state index is 0.159. The van der Waals surface area contributed by atoms with E-state index in [-0.39, 0.29) is 30.2 Å². The van der Waals surface area contributed by atoms with Crippen molar-refractivity contribution in [2.45, 2.75) is 19.8 Å².